The van der Waals surface area contributed by atoms with Crippen LogP contribution in [0.25, 0.3) is 11.3 Å². The van der Waals surface area contributed by atoms with Gasteiger partial charge in [0.25, 0.3) is 0 Å². The molecule has 1 aliphatic rings. The van der Waals surface area contributed by atoms with E-state index in [-0.39, 0.29) is 6.03 Å². The molecule has 4 rings (SSSR count). The number of carbonyl (C=O) groups is 1. The quantitative estimate of drug-likeness (QED) is 0.750. The van der Waals surface area contributed by atoms with Gasteiger partial charge < -0.3 is 19.0 Å². The third kappa shape index (κ3) is 3.90. The fourth-order valence-electron chi connectivity index (χ4n) is 3.10. The largest absolute Gasteiger partial charge is 0.497 e. The second-order valence-electron chi connectivity index (χ2n) is 6.39. The molecule has 1 aromatic carbocycles. The molecular formula is C20H21N5O3. The zero-order valence-corrected chi connectivity index (χ0v) is 15.5. The molecule has 0 spiro atoms. The summed E-state index contributed by atoms with van der Waals surface area (Å²) in [6.07, 6.45) is 1.53. The predicted octanol–water partition coefficient (Wildman–Crippen LogP) is 3.10. The van der Waals surface area contributed by atoms with Gasteiger partial charge >= 0.3 is 6.03 Å². The van der Waals surface area contributed by atoms with E-state index in [0.29, 0.717) is 32.1 Å². The van der Waals surface area contributed by atoms with Gasteiger partial charge in [-0.2, -0.15) is 0 Å². The highest BCUT2D eigenvalue weighted by atomic mass is 16.5. The first-order valence-electron chi connectivity index (χ1n) is 9.05. The number of hydrogen-bond acceptors (Lipinski definition) is 6. The van der Waals surface area contributed by atoms with Gasteiger partial charge in [0.1, 0.15) is 5.75 Å². The van der Waals surface area contributed by atoms with Gasteiger partial charge in [-0.15, -0.1) is 10.2 Å². The number of ether oxygens (including phenoxy) is 1. The lowest BCUT2D eigenvalue weighted by atomic mass is 10.1. The third-order valence-electron chi connectivity index (χ3n) is 4.66. The number of hydrogen-bond donors (Lipinski definition) is 1. The summed E-state index contributed by atoms with van der Waals surface area (Å²) in [6.45, 7) is 2.59. The lowest BCUT2D eigenvalue weighted by Crippen LogP contribution is -2.50. The number of piperazine rings is 1. The number of benzene rings is 1. The molecule has 3 heterocycles. The van der Waals surface area contributed by atoms with Crippen LogP contribution in [0.15, 0.2) is 59.2 Å². The van der Waals surface area contributed by atoms with Crippen LogP contribution in [0.2, 0.25) is 0 Å². The summed E-state index contributed by atoms with van der Waals surface area (Å²) >= 11 is 0. The van der Waals surface area contributed by atoms with E-state index in [9.17, 15) is 4.79 Å². The number of nitrogens with one attached hydrogen (secondary N) is 1. The molecule has 1 saturated heterocycles. The normalized spacial score (nSPS) is 14.0. The summed E-state index contributed by atoms with van der Waals surface area (Å²) < 4.78 is 10.4. The van der Waals surface area contributed by atoms with E-state index >= 15 is 0 Å². The van der Waals surface area contributed by atoms with Crippen LogP contribution in [-0.2, 0) is 0 Å². The average molecular weight is 379 g/mol. The minimum absolute atomic E-state index is 0.158. The van der Waals surface area contributed by atoms with Crippen LogP contribution in [0.5, 0.6) is 5.75 Å². The van der Waals surface area contributed by atoms with Gasteiger partial charge in [-0.05, 0) is 30.3 Å². The van der Waals surface area contributed by atoms with Crippen LogP contribution in [0, 0.1) is 0 Å². The molecular weight excluding hydrogens is 358 g/mol. The van der Waals surface area contributed by atoms with Crippen molar-refractivity contribution in [3.05, 3.63) is 54.8 Å². The maximum atomic E-state index is 12.3. The molecule has 8 nitrogen and oxygen atoms in total. The Morgan fingerprint density at radius 2 is 1.93 bits per heavy atom. The number of nitrogens with zero attached hydrogens (tertiary/aromatic N) is 4. The molecule has 0 atom stereocenters. The van der Waals surface area contributed by atoms with E-state index in [2.05, 4.69) is 20.4 Å². The van der Waals surface area contributed by atoms with Gasteiger partial charge in [0, 0.05) is 37.8 Å². The van der Waals surface area contributed by atoms with E-state index in [1.165, 1.54) is 6.26 Å². The van der Waals surface area contributed by atoms with Crippen LogP contribution < -0.4 is 15.0 Å². The van der Waals surface area contributed by atoms with Crippen molar-refractivity contribution >= 4 is 17.7 Å². The minimum atomic E-state index is -0.158. The Balaban J connectivity index is 1.36. The summed E-state index contributed by atoms with van der Waals surface area (Å²) in [5.41, 5.74) is 1.75. The fraction of sp³-hybridized carbons (Fsp3) is 0.250. The van der Waals surface area contributed by atoms with Gasteiger partial charge in [-0.1, -0.05) is 12.1 Å². The van der Waals surface area contributed by atoms with Crippen LogP contribution >= 0.6 is 0 Å². The maximum Gasteiger partial charge on any atom is 0.324 e. The third-order valence-corrected chi connectivity index (χ3v) is 4.66. The summed E-state index contributed by atoms with van der Waals surface area (Å²) in [7, 11) is 1.64. The maximum absolute atomic E-state index is 12.3. The predicted molar refractivity (Wildman–Crippen MR) is 106 cm³/mol. The van der Waals surface area contributed by atoms with E-state index in [1.807, 2.05) is 36.4 Å². The monoisotopic (exact) mass is 379 g/mol. The number of urea groups is 1. The van der Waals surface area contributed by atoms with Crippen molar-refractivity contribution in [2.45, 2.75) is 0 Å². The highest BCUT2D eigenvalue weighted by Gasteiger charge is 2.22. The van der Waals surface area contributed by atoms with Crippen molar-refractivity contribution < 1.29 is 13.9 Å². The van der Waals surface area contributed by atoms with Crippen molar-refractivity contribution in [1.29, 1.82) is 0 Å². The van der Waals surface area contributed by atoms with Crippen LogP contribution in [0.1, 0.15) is 0 Å². The first-order valence-corrected chi connectivity index (χ1v) is 9.05. The van der Waals surface area contributed by atoms with E-state index in [4.69, 9.17) is 9.15 Å². The van der Waals surface area contributed by atoms with Gasteiger partial charge in [-0.25, -0.2) is 4.79 Å². The number of furan rings is 1. The zero-order chi connectivity index (χ0) is 19.3. The minimum Gasteiger partial charge on any atom is -0.497 e. The summed E-state index contributed by atoms with van der Waals surface area (Å²) in [6, 6.07) is 14.9. The smallest absolute Gasteiger partial charge is 0.324 e. The van der Waals surface area contributed by atoms with Crippen molar-refractivity contribution in [3.63, 3.8) is 0 Å². The lowest BCUT2D eigenvalue weighted by Gasteiger charge is -2.34. The Morgan fingerprint density at radius 1 is 1.07 bits per heavy atom. The molecule has 0 aliphatic carbocycles. The standard InChI is InChI=1S/C20H21N5O3/c1-27-16-5-2-4-15(14-16)17-7-8-18(23-22-17)24-9-11-25(12-10-24)20(26)21-19-6-3-13-28-19/h2-8,13-14H,9-12H2,1H3,(H,21,26). The topological polar surface area (TPSA) is 83.7 Å². The van der Waals surface area contributed by atoms with Crippen molar-refractivity contribution in [2.75, 3.05) is 43.5 Å². The Hall–Kier alpha value is -3.55. The summed E-state index contributed by atoms with van der Waals surface area (Å²) in [4.78, 5) is 16.1. The van der Waals surface area contributed by atoms with E-state index in [1.54, 1.807) is 24.1 Å². The van der Waals surface area contributed by atoms with Gasteiger partial charge in [-0.3, -0.25) is 5.32 Å². The molecule has 1 aliphatic heterocycles. The number of anilines is 2. The molecule has 2 amide bonds. The highest BCUT2D eigenvalue weighted by Crippen LogP contribution is 2.23. The van der Waals surface area contributed by atoms with Gasteiger partial charge in [0.05, 0.1) is 19.1 Å². The van der Waals surface area contributed by atoms with E-state index < -0.39 is 0 Å². The van der Waals surface area contributed by atoms with Crippen LogP contribution in [0.3, 0.4) is 0 Å². The summed E-state index contributed by atoms with van der Waals surface area (Å²) in [5, 5.41) is 11.5. The second kappa shape index (κ2) is 7.99. The Labute approximate surface area is 162 Å². The Kier molecular flexibility index (Phi) is 5.09. The van der Waals surface area contributed by atoms with Gasteiger partial charge in [0.15, 0.2) is 5.82 Å². The molecule has 0 radical (unpaired) electrons. The summed E-state index contributed by atoms with van der Waals surface area (Å²) in [5.74, 6) is 2.04. The molecule has 1 fully saturated rings. The molecule has 3 aromatic rings. The van der Waals surface area contributed by atoms with Crippen LogP contribution in [0.4, 0.5) is 16.5 Å². The highest BCUT2D eigenvalue weighted by molar-refractivity contribution is 5.88. The molecule has 2 aromatic heterocycles. The van der Waals surface area contributed by atoms with Crippen molar-refractivity contribution in [3.8, 4) is 17.0 Å². The molecule has 28 heavy (non-hydrogen) atoms. The molecule has 8 heteroatoms. The lowest BCUT2D eigenvalue weighted by molar-refractivity contribution is 0.207. The van der Waals surface area contributed by atoms with Crippen LogP contribution in [-0.4, -0.2) is 54.4 Å². The zero-order valence-electron chi connectivity index (χ0n) is 15.5. The molecule has 1 N–H and O–H groups in total. The molecule has 0 saturated carbocycles. The Morgan fingerprint density at radius 3 is 2.61 bits per heavy atom. The SMILES string of the molecule is COc1cccc(-c2ccc(N3CCN(C(=O)Nc4ccco4)CC3)nn2)c1. The number of methoxy groups -OCH3 is 1. The average Bonchev–Trinajstić information content (AvgIpc) is 3.27. The number of aromatic nitrogens is 2. The van der Waals surface area contributed by atoms with Crippen molar-refractivity contribution in [1.82, 2.24) is 15.1 Å². The van der Waals surface area contributed by atoms with E-state index in [0.717, 1.165) is 22.8 Å². The van der Waals surface area contributed by atoms with Crippen molar-refractivity contribution in [2.24, 2.45) is 0 Å². The molecule has 144 valence electrons. The second-order valence-corrected chi connectivity index (χ2v) is 6.39. The number of rotatable bonds is 4. The first-order chi connectivity index (χ1) is 13.7. The molecule has 0 bridgehead atoms. The van der Waals surface area contributed by atoms with Gasteiger partial charge in [0.2, 0.25) is 5.88 Å². The number of amides is 2. The number of carbonyl (C=O) groups excluding carboxylic acids is 1. The Bertz CT molecular complexity index is 919. The fourth-order valence-corrected chi connectivity index (χ4v) is 3.10. The molecule has 0 unspecified atom stereocenters. The first kappa shape index (κ1) is 17.8.